The maximum absolute atomic E-state index is 13.6. The number of benzene rings is 1. The van der Waals surface area contributed by atoms with Crippen LogP contribution < -0.4 is 0 Å². The Morgan fingerprint density at radius 3 is 2.81 bits per heavy atom. The van der Waals surface area contributed by atoms with E-state index in [4.69, 9.17) is 4.74 Å². The molecule has 0 fully saturated rings. The number of ether oxygens (including phenoxy) is 1. The van der Waals surface area contributed by atoms with Gasteiger partial charge in [-0.15, -0.1) is 0 Å². The SMILES string of the molecule is CC(C)[C@H]1COC(c2ccc(Br)cc2F)=N1. The lowest BCUT2D eigenvalue weighted by Gasteiger charge is -2.06. The van der Waals surface area contributed by atoms with E-state index in [1.165, 1.54) is 6.07 Å². The van der Waals surface area contributed by atoms with Crippen LogP contribution in [0.4, 0.5) is 4.39 Å². The van der Waals surface area contributed by atoms with Crippen molar-refractivity contribution in [2.75, 3.05) is 6.61 Å². The van der Waals surface area contributed by atoms with Crippen molar-refractivity contribution in [1.29, 1.82) is 0 Å². The van der Waals surface area contributed by atoms with Crippen LogP contribution in [-0.2, 0) is 4.74 Å². The predicted molar refractivity (Wildman–Crippen MR) is 65.2 cm³/mol. The molecule has 1 aromatic rings. The minimum atomic E-state index is -0.308. The number of aliphatic imine (C=N–C) groups is 1. The van der Waals surface area contributed by atoms with Gasteiger partial charge in [0.05, 0.1) is 11.6 Å². The molecule has 0 N–H and O–H groups in total. The Kier molecular flexibility index (Phi) is 3.28. The fourth-order valence-electron chi connectivity index (χ4n) is 1.54. The Morgan fingerprint density at radius 1 is 1.50 bits per heavy atom. The second kappa shape index (κ2) is 4.53. The van der Waals surface area contributed by atoms with Crippen LogP contribution in [-0.4, -0.2) is 18.5 Å². The Balaban J connectivity index is 2.29. The van der Waals surface area contributed by atoms with E-state index in [1.807, 2.05) is 0 Å². The summed E-state index contributed by atoms with van der Waals surface area (Å²) in [6.45, 7) is 4.71. The normalized spacial score (nSPS) is 19.8. The summed E-state index contributed by atoms with van der Waals surface area (Å²) in [4.78, 5) is 4.39. The van der Waals surface area contributed by atoms with E-state index in [-0.39, 0.29) is 11.9 Å². The summed E-state index contributed by atoms with van der Waals surface area (Å²) in [7, 11) is 0. The lowest BCUT2D eigenvalue weighted by Crippen LogP contribution is -2.13. The van der Waals surface area contributed by atoms with Crippen molar-refractivity contribution in [2.24, 2.45) is 10.9 Å². The average molecular weight is 286 g/mol. The topological polar surface area (TPSA) is 21.6 Å². The molecule has 0 aromatic heterocycles. The van der Waals surface area contributed by atoms with Gasteiger partial charge in [0.25, 0.3) is 0 Å². The fourth-order valence-corrected chi connectivity index (χ4v) is 1.87. The van der Waals surface area contributed by atoms with E-state index < -0.39 is 0 Å². The molecule has 1 aliphatic rings. The highest BCUT2D eigenvalue weighted by atomic mass is 79.9. The van der Waals surface area contributed by atoms with Crippen LogP contribution in [0, 0.1) is 11.7 Å². The first kappa shape index (κ1) is 11.6. The van der Waals surface area contributed by atoms with Crippen LogP contribution in [0.15, 0.2) is 27.7 Å². The zero-order valence-corrected chi connectivity index (χ0v) is 10.8. The molecular weight excluding hydrogens is 273 g/mol. The number of nitrogens with zero attached hydrogens (tertiary/aromatic N) is 1. The van der Waals surface area contributed by atoms with Gasteiger partial charge in [-0.25, -0.2) is 9.38 Å². The Hall–Kier alpha value is -0.900. The third kappa shape index (κ3) is 2.26. The Bertz CT molecular complexity index is 431. The fraction of sp³-hybridized carbons (Fsp3) is 0.417. The molecule has 1 aromatic carbocycles. The molecule has 0 saturated heterocycles. The molecule has 0 bridgehead atoms. The van der Waals surface area contributed by atoms with Crippen molar-refractivity contribution >= 4 is 21.8 Å². The molecule has 86 valence electrons. The van der Waals surface area contributed by atoms with Crippen LogP contribution in [0.2, 0.25) is 0 Å². The van der Waals surface area contributed by atoms with E-state index in [0.717, 1.165) is 0 Å². The van der Waals surface area contributed by atoms with Crippen LogP contribution in [0.1, 0.15) is 19.4 Å². The highest BCUT2D eigenvalue weighted by Crippen LogP contribution is 2.21. The maximum atomic E-state index is 13.6. The quantitative estimate of drug-likeness (QED) is 0.816. The first-order valence-electron chi connectivity index (χ1n) is 5.24. The van der Waals surface area contributed by atoms with Gasteiger partial charge >= 0.3 is 0 Å². The molecule has 0 aliphatic carbocycles. The highest BCUT2D eigenvalue weighted by molar-refractivity contribution is 9.10. The van der Waals surface area contributed by atoms with Crippen molar-refractivity contribution in [3.8, 4) is 0 Å². The van der Waals surface area contributed by atoms with E-state index in [2.05, 4.69) is 34.8 Å². The van der Waals surface area contributed by atoms with E-state index >= 15 is 0 Å². The molecule has 2 rings (SSSR count). The summed E-state index contributed by atoms with van der Waals surface area (Å²) >= 11 is 3.22. The second-order valence-electron chi connectivity index (χ2n) is 4.18. The van der Waals surface area contributed by atoms with E-state index in [9.17, 15) is 4.39 Å². The third-order valence-corrected chi connectivity index (χ3v) is 3.10. The number of rotatable bonds is 2. The average Bonchev–Trinajstić information content (AvgIpc) is 2.66. The van der Waals surface area contributed by atoms with Gasteiger partial charge in [-0.3, -0.25) is 0 Å². The van der Waals surface area contributed by atoms with Gasteiger partial charge in [0, 0.05) is 4.47 Å². The lowest BCUT2D eigenvalue weighted by atomic mass is 10.1. The summed E-state index contributed by atoms with van der Waals surface area (Å²) in [5.74, 6) is 0.525. The van der Waals surface area contributed by atoms with Gasteiger partial charge < -0.3 is 4.74 Å². The minimum absolute atomic E-state index is 0.137. The van der Waals surface area contributed by atoms with Crippen molar-refractivity contribution in [3.05, 3.63) is 34.1 Å². The zero-order chi connectivity index (χ0) is 11.7. The molecule has 0 saturated carbocycles. The third-order valence-electron chi connectivity index (χ3n) is 2.60. The predicted octanol–water partition coefficient (Wildman–Crippen LogP) is 3.39. The minimum Gasteiger partial charge on any atom is -0.475 e. The summed E-state index contributed by atoms with van der Waals surface area (Å²) in [6, 6.07) is 5.02. The van der Waals surface area contributed by atoms with Crippen molar-refractivity contribution < 1.29 is 9.13 Å². The van der Waals surface area contributed by atoms with Crippen molar-refractivity contribution in [1.82, 2.24) is 0 Å². The first-order valence-corrected chi connectivity index (χ1v) is 6.03. The molecule has 0 spiro atoms. The summed E-state index contributed by atoms with van der Waals surface area (Å²) in [5.41, 5.74) is 0.436. The van der Waals surface area contributed by atoms with Crippen molar-refractivity contribution in [3.63, 3.8) is 0 Å². The number of halogens is 2. The van der Waals surface area contributed by atoms with Gasteiger partial charge in [0.2, 0.25) is 5.90 Å². The van der Waals surface area contributed by atoms with Crippen LogP contribution in [0.3, 0.4) is 0 Å². The van der Waals surface area contributed by atoms with Gasteiger partial charge in [-0.2, -0.15) is 0 Å². The molecule has 16 heavy (non-hydrogen) atoms. The summed E-state index contributed by atoms with van der Waals surface area (Å²) in [5, 5.41) is 0. The lowest BCUT2D eigenvalue weighted by molar-refractivity contribution is 0.291. The van der Waals surface area contributed by atoms with Gasteiger partial charge in [0.15, 0.2) is 0 Å². The Morgan fingerprint density at radius 2 is 2.25 bits per heavy atom. The van der Waals surface area contributed by atoms with E-state index in [1.54, 1.807) is 12.1 Å². The molecule has 0 amide bonds. The smallest absolute Gasteiger partial charge is 0.219 e. The molecule has 1 atom stereocenters. The molecule has 0 radical (unpaired) electrons. The van der Waals surface area contributed by atoms with Crippen molar-refractivity contribution in [2.45, 2.75) is 19.9 Å². The van der Waals surface area contributed by atoms with Gasteiger partial charge in [0.1, 0.15) is 12.4 Å². The molecule has 1 heterocycles. The first-order chi connectivity index (χ1) is 7.58. The van der Waals surface area contributed by atoms with Gasteiger partial charge in [-0.1, -0.05) is 29.8 Å². The molecule has 4 heteroatoms. The van der Waals surface area contributed by atoms with Crippen LogP contribution in [0.25, 0.3) is 0 Å². The number of hydrogen-bond donors (Lipinski definition) is 0. The molecule has 1 aliphatic heterocycles. The standard InChI is InChI=1S/C12H13BrFNO/c1-7(2)11-6-16-12(15-11)9-4-3-8(13)5-10(9)14/h3-5,7,11H,6H2,1-2H3/t11-/m1/s1. The monoisotopic (exact) mass is 285 g/mol. The largest absolute Gasteiger partial charge is 0.475 e. The zero-order valence-electron chi connectivity index (χ0n) is 9.21. The molecule has 2 nitrogen and oxygen atoms in total. The van der Waals surface area contributed by atoms with Gasteiger partial charge in [-0.05, 0) is 24.1 Å². The summed E-state index contributed by atoms with van der Waals surface area (Å²) < 4.78 is 19.8. The van der Waals surface area contributed by atoms with Crippen LogP contribution >= 0.6 is 15.9 Å². The maximum Gasteiger partial charge on any atom is 0.219 e. The highest BCUT2D eigenvalue weighted by Gasteiger charge is 2.24. The second-order valence-corrected chi connectivity index (χ2v) is 5.10. The van der Waals surface area contributed by atoms with Crippen LogP contribution in [0.5, 0.6) is 0 Å². The molecule has 0 unspecified atom stereocenters. The molecular formula is C12H13BrFNO. The van der Waals surface area contributed by atoms with E-state index in [0.29, 0.717) is 28.5 Å². The Labute approximate surface area is 103 Å². The summed E-state index contributed by atoms with van der Waals surface area (Å²) in [6.07, 6.45) is 0. The number of hydrogen-bond acceptors (Lipinski definition) is 2.